The number of carbonyl (C=O) groups is 4. The number of hydrazine groups is 1. The molecule has 1 fully saturated rings. The topological polar surface area (TPSA) is 142 Å². The summed E-state index contributed by atoms with van der Waals surface area (Å²) < 4.78 is 25.7. The van der Waals surface area contributed by atoms with Gasteiger partial charge < -0.3 is 29.0 Å². The van der Waals surface area contributed by atoms with Crippen LogP contribution >= 0.6 is 0 Å². The first-order chi connectivity index (χ1) is 17.3. The number of esters is 1. The quantitative estimate of drug-likeness (QED) is 0.462. The summed E-state index contributed by atoms with van der Waals surface area (Å²) >= 11 is 0. The Morgan fingerprint density at radius 3 is 2.19 bits per heavy atom. The lowest BCUT2D eigenvalue weighted by Crippen LogP contribution is -2.43. The highest BCUT2D eigenvalue weighted by Crippen LogP contribution is 2.29. The van der Waals surface area contributed by atoms with Gasteiger partial charge in [-0.3, -0.25) is 29.6 Å². The van der Waals surface area contributed by atoms with E-state index in [1.807, 2.05) is 0 Å². The number of hydrogen-bond donors (Lipinski definition) is 2. The number of ether oxygens (including phenoxy) is 5. The van der Waals surface area contributed by atoms with Gasteiger partial charge in [0.15, 0.2) is 6.61 Å². The molecule has 0 spiro atoms. The van der Waals surface area contributed by atoms with Gasteiger partial charge in [0.05, 0.1) is 46.6 Å². The highest BCUT2D eigenvalue weighted by atomic mass is 16.5. The maximum absolute atomic E-state index is 12.6. The lowest BCUT2D eigenvalue weighted by Gasteiger charge is -2.18. The third kappa shape index (κ3) is 6.34. The van der Waals surface area contributed by atoms with E-state index in [0.717, 1.165) is 5.01 Å². The molecule has 0 unspecified atom stereocenters. The Morgan fingerprint density at radius 1 is 0.917 bits per heavy atom. The maximum atomic E-state index is 12.6. The van der Waals surface area contributed by atoms with Gasteiger partial charge in [0.2, 0.25) is 5.91 Å². The van der Waals surface area contributed by atoms with Gasteiger partial charge in [0.25, 0.3) is 11.8 Å². The first-order valence-corrected chi connectivity index (χ1v) is 10.8. The van der Waals surface area contributed by atoms with Gasteiger partial charge in [-0.15, -0.1) is 0 Å². The van der Waals surface area contributed by atoms with Crippen LogP contribution < -0.4 is 29.7 Å². The number of hydrogen-bond acceptors (Lipinski definition) is 9. The van der Waals surface area contributed by atoms with Crippen molar-refractivity contribution in [1.29, 1.82) is 0 Å². The van der Waals surface area contributed by atoms with E-state index >= 15 is 0 Å². The molecule has 12 nitrogen and oxygen atoms in total. The zero-order chi connectivity index (χ0) is 26.2. The van der Waals surface area contributed by atoms with Crippen LogP contribution in [0.4, 0.5) is 5.69 Å². The van der Waals surface area contributed by atoms with Crippen LogP contribution in [0.1, 0.15) is 16.8 Å². The predicted molar refractivity (Wildman–Crippen MR) is 126 cm³/mol. The minimum absolute atomic E-state index is 0.101. The van der Waals surface area contributed by atoms with Crippen molar-refractivity contribution in [3.8, 4) is 23.0 Å². The highest BCUT2D eigenvalue weighted by Gasteiger charge is 2.37. The Kier molecular flexibility index (Phi) is 8.55. The Balaban J connectivity index is 1.54. The molecule has 2 aromatic carbocycles. The molecule has 0 saturated carbocycles. The number of amides is 3. The van der Waals surface area contributed by atoms with E-state index in [4.69, 9.17) is 23.7 Å². The molecular formula is C24H27N3O9. The number of benzene rings is 2. The summed E-state index contributed by atoms with van der Waals surface area (Å²) in [5.41, 5.74) is 3.02. The molecule has 192 valence electrons. The van der Waals surface area contributed by atoms with Crippen molar-refractivity contribution in [2.24, 2.45) is 5.92 Å². The molecule has 36 heavy (non-hydrogen) atoms. The fraction of sp³-hybridized carbons (Fsp3) is 0.333. The summed E-state index contributed by atoms with van der Waals surface area (Å²) in [7, 11) is 5.83. The fourth-order valence-corrected chi connectivity index (χ4v) is 3.45. The number of nitrogens with one attached hydrogen (secondary N) is 2. The average Bonchev–Trinajstić information content (AvgIpc) is 3.26. The van der Waals surface area contributed by atoms with Crippen molar-refractivity contribution in [2.45, 2.75) is 6.42 Å². The van der Waals surface area contributed by atoms with Crippen molar-refractivity contribution in [3.63, 3.8) is 0 Å². The summed E-state index contributed by atoms with van der Waals surface area (Å²) in [4.78, 5) is 49.8. The van der Waals surface area contributed by atoms with E-state index in [-0.39, 0.29) is 18.5 Å². The number of methoxy groups -OCH3 is 4. The molecular weight excluding hydrogens is 474 g/mol. The third-order valence-corrected chi connectivity index (χ3v) is 5.33. The maximum Gasteiger partial charge on any atom is 0.311 e. The Hall–Kier alpha value is -4.48. The molecule has 3 amide bonds. The van der Waals surface area contributed by atoms with Crippen LogP contribution in [0.15, 0.2) is 36.4 Å². The minimum atomic E-state index is -0.850. The summed E-state index contributed by atoms with van der Waals surface area (Å²) in [6, 6.07) is 9.42. The van der Waals surface area contributed by atoms with Gasteiger partial charge >= 0.3 is 5.97 Å². The van der Waals surface area contributed by atoms with Gasteiger partial charge in [0.1, 0.15) is 23.0 Å². The van der Waals surface area contributed by atoms with E-state index in [1.54, 1.807) is 24.3 Å². The summed E-state index contributed by atoms with van der Waals surface area (Å²) in [6.07, 6.45) is -0.175. The largest absolute Gasteiger partial charge is 0.497 e. The smallest absolute Gasteiger partial charge is 0.311 e. The molecule has 2 aromatic rings. The van der Waals surface area contributed by atoms with Crippen LogP contribution in [0.25, 0.3) is 0 Å². The summed E-state index contributed by atoms with van der Waals surface area (Å²) in [6.45, 7) is -0.671. The van der Waals surface area contributed by atoms with Gasteiger partial charge in [-0.25, -0.2) is 0 Å². The van der Waals surface area contributed by atoms with Gasteiger partial charge in [0, 0.05) is 24.1 Å². The molecule has 0 aliphatic carbocycles. The molecule has 2 N–H and O–H groups in total. The van der Waals surface area contributed by atoms with Gasteiger partial charge in [-0.1, -0.05) is 0 Å². The van der Waals surface area contributed by atoms with Crippen LogP contribution in [-0.2, 0) is 19.1 Å². The molecule has 0 bridgehead atoms. The molecule has 1 saturated heterocycles. The second-order valence-electron chi connectivity index (χ2n) is 7.67. The highest BCUT2D eigenvalue weighted by molar-refractivity contribution is 5.97. The monoisotopic (exact) mass is 501 g/mol. The number of nitrogens with zero attached hydrogens (tertiary/aromatic N) is 1. The molecule has 0 aromatic heterocycles. The second kappa shape index (κ2) is 11.8. The Morgan fingerprint density at radius 2 is 1.58 bits per heavy atom. The molecule has 3 rings (SSSR count). The van der Waals surface area contributed by atoms with Crippen LogP contribution in [-0.4, -0.2) is 70.3 Å². The van der Waals surface area contributed by atoms with Gasteiger partial charge in [-0.05, 0) is 24.3 Å². The lowest BCUT2D eigenvalue weighted by atomic mass is 10.1. The minimum Gasteiger partial charge on any atom is -0.497 e. The van der Waals surface area contributed by atoms with Gasteiger partial charge in [-0.2, -0.15) is 0 Å². The Bertz CT molecular complexity index is 1130. The molecule has 1 aliphatic heterocycles. The summed E-state index contributed by atoms with van der Waals surface area (Å²) in [5, 5.41) is 3.63. The van der Waals surface area contributed by atoms with Crippen molar-refractivity contribution >= 4 is 29.4 Å². The Labute approximate surface area is 207 Å². The fourth-order valence-electron chi connectivity index (χ4n) is 3.45. The average molecular weight is 501 g/mol. The number of rotatable bonds is 10. The van der Waals surface area contributed by atoms with E-state index in [2.05, 4.69) is 10.7 Å². The van der Waals surface area contributed by atoms with E-state index in [1.165, 1.54) is 40.6 Å². The van der Waals surface area contributed by atoms with Crippen LogP contribution in [0.2, 0.25) is 0 Å². The number of anilines is 1. The van der Waals surface area contributed by atoms with E-state index < -0.39 is 36.2 Å². The predicted octanol–water partition coefficient (Wildman–Crippen LogP) is 1.40. The zero-order valence-electron chi connectivity index (χ0n) is 20.3. The lowest BCUT2D eigenvalue weighted by molar-refractivity contribution is -0.151. The molecule has 1 atom stereocenters. The zero-order valence-corrected chi connectivity index (χ0v) is 20.3. The van der Waals surface area contributed by atoms with Crippen molar-refractivity contribution < 1.29 is 42.9 Å². The van der Waals surface area contributed by atoms with E-state index in [9.17, 15) is 19.2 Å². The van der Waals surface area contributed by atoms with Crippen molar-refractivity contribution in [1.82, 2.24) is 10.4 Å². The number of carbonyl (C=O) groups excluding carboxylic acids is 4. The molecule has 0 radical (unpaired) electrons. The van der Waals surface area contributed by atoms with Crippen LogP contribution in [0.3, 0.4) is 0 Å². The third-order valence-electron chi connectivity index (χ3n) is 5.33. The summed E-state index contributed by atoms with van der Waals surface area (Å²) in [5.74, 6) is -1.54. The first-order valence-electron chi connectivity index (χ1n) is 10.8. The first kappa shape index (κ1) is 26.1. The normalized spacial score (nSPS) is 14.6. The molecule has 12 heteroatoms. The standard InChI is InChI=1S/C24H27N3O9/c1-32-16-5-6-20(35-4)19(11-16)25-21(28)13-36-24(31)15-9-22(29)27(12-15)26-23(30)14-7-17(33-2)10-18(8-14)34-3/h5-8,10-11,15H,9,12-13H2,1-4H3,(H,25,28)(H,26,30)/t15-/m0/s1. The van der Waals surface area contributed by atoms with Crippen LogP contribution in [0, 0.1) is 5.92 Å². The molecule has 1 aliphatic rings. The van der Waals surface area contributed by atoms with E-state index in [0.29, 0.717) is 28.7 Å². The SMILES string of the molecule is COc1cc(OC)cc(C(=O)NN2C[C@@H](C(=O)OCC(=O)Nc3cc(OC)ccc3OC)CC2=O)c1. The second-order valence-corrected chi connectivity index (χ2v) is 7.67. The molecule has 1 heterocycles. The van der Waals surface area contributed by atoms with Crippen molar-refractivity contribution in [3.05, 3.63) is 42.0 Å². The van der Waals surface area contributed by atoms with Crippen LogP contribution in [0.5, 0.6) is 23.0 Å². The van der Waals surface area contributed by atoms with Crippen molar-refractivity contribution in [2.75, 3.05) is 46.9 Å².